The molecule has 0 spiro atoms. The first-order valence-corrected chi connectivity index (χ1v) is 13.7. The van der Waals surface area contributed by atoms with Crippen LogP contribution in [-0.4, -0.2) is 40.3 Å². The number of benzene rings is 3. The lowest BCUT2D eigenvalue weighted by atomic mass is 10.2. The molecule has 0 fully saturated rings. The van der Waals surface area contributed by atoms with Crippen LogP contribution < -0.4 is 19.2 Å². The summed E-state index contributed by atoms with van der Waals surface area (Å²) < 4.78 is 39.0. The summed E-state index contributed by atoms with van der Waals surface area (Å²) in [5.74, 6) is 0.505. The van der Waals surface area contributed by atoms with Gasteiger partial charge in [-0.1, -0.05) is 48.3 Å². The number of anilines is 1. The highest BCUT2D eigenvalue weighted by atomic mass is 35.5. The van der Waals surface area contributed by atoms with E-state index in [1.807, 2.05) is 13.8 Å². The molecule has 0 heterocycles. The monoisotopic (exact) mass is 563 g/mol. The molecular weight excluding hydrogens is 537 g/mol. The maximum Gasteiger partial charge on any atom is 0.264 e. The number of carbonyl (C=O) groups excluding carboxylic acids is 1. The van der Waals surface area contributed by atoms with E-state index in [9.17, 15) is 13.2 Å². The number of hydrogen-bond donors (Lipinski definition) is 1. The summed E-state index contributed by atoms with van der Waals surface area (Å²) in [6.07, 6.45) is 2.29. The summed E-state index contributed by atoms with van der Waals surface area (Å²) in [4.78, 5) is 12.8. The van der Waals surface area contributed by atoms with E-state index in [0.717, 1.165) is 10.7 Å². The summed E-state index contributed by atoms with van der Waals surface area (Å²) in [5.41, 5.74) is 3.13. The van der Waals surface area contributed by atoms with Gasteiger partial charge in [-0.05, 0) is 67.4 Å². The molecule has 3 rings (SSSR count). The lowest BCUT2D eigenvalue weighted by Gasteiger charge is -2.24. The molecule has 11 heteroatoms. The summed E-state index contributed by atoms with van der Waals surface area (Å²) in [7, 11) is -4.12. The van der Waals surface area contributed by atoms with Crippen LogP contribution in [0.4, 0.5) is 5.69 Å². The first-order valence-electron chi connectivity index (χ1n) is 11.5. The molecule has 0 aliphatic rings. The van der Waals surface area contributed by atoms with Gasteiger partial charge in [0.05, 0.1) is 35.0 Å². The Labute approximate surface area is 226 Å². The van der Waals surface area contributed by atoms with Crippen LogP contribution in [0.5, 0.6) is 11.5 Å². The Bertz CT molecular complexity index is 1350. The van der Waals surface area contributed by atoms with E-state index in [4.69, 9.17) is 32.7 Å². The Morgan fingerprint density at radius 1 is 1.00 bits per heavy atom. The number of nitrogens with one attached hydrogen (secondary N) is 1. The maximum atomic E-state index is 13.4. The van der Waals surface area contributed by atoms with Gasteiger partial charge in [-0.3, -0.25) is 9.10 Å². The Kier molecular flexibility index (Phi) is 10.2. The Balaban J connectivity index is 1.80. The summed E-state index contributed by atoms with van der Waals surface area (Å²) >= 11 is 12.3. The van der Waals surface area contributed by atoms with Crippen molar-refractivity contribution in [1.29, 1.82) is 0 Å². The van der Waals surface area contributed by atoms with Crippen LogP contribution >= 0.6 is 23.2 Å². The average Bonchev–Trinajstić information content (AvgIpc) is 2.88. The van der Waals surface area contributed by atoms with Crippen LogP contribution in [0.15, 0.2) is 76.7 Å². The van der Waals surface area contributed by atoms with Gasteiger partial charge in [0, 0.05) is 5.02 Å². The van der Waals surface area contributed by atoms with E-state index < -0.39 is 22.5 Å². The molecule has 3 aromatic rings. The third kappa shape index (κ3) is 7.61. The smallest absolute Gasteiger partial charge is 0.264 e. The SMILES string of the molecule is CCCOc1ccc(/C=N\NC(=O)CN(c2ccc(Cl)cc2Cl)S(=O)(=O)c2ccccc2)cc1OCC. The zero-order valence-corrected chi connectivity index (χ0v) is 22.7. The van der Waals surface area contributed by atoms with Gasteiger partial charge in [-0.2, -0.15) is 5.10 Å². The van der Waals surface area contributed by atoms with Gasteiger partial charge in [0.2, 0.25) is 0 Å². The molecule has 1 amide bonds. The molecule has 37 heavy (non-hydrogen) atoms. The van der Waals surface area contributed by atoms with Gasteiger partial charge >= 0.3 is 0 Å². The average molecular weight is 564 g/mol. The lowest BCUT2D eigenvalue weighted by Crippen LogP contribution is -2.39. The van der Waals surface area contributed by atoms with Crippen LogP contribution in [0, 0.1) is 0 Å². The van der Waals surface area contributed by atoms with E-state index in [1.165, 1.54) is 36.5 Å². The molecule has 0 aliphatic carbocycles. The maximum absolute atomic E-state index is 13.4. The number of nitrogens with zero attached hydrogens (tertiary/aromatic N) is 2. The first kappa shape index (κ1) is 28.3. The number of carbonyl (C=O) groups is 1. The number of ether oxygens (including phenoxy) is 2. The third-order valence-corrected chi connectivity index (χ3v) is 7.24. The van der Waals surface area contributed by atoms with Crippen LogP contribution in [0.1, 0.15) is 25.8 Å². The quantitative estimate of drug-likeness (QED) is 0.231. The van der Waals surface area contributed by atoms with Crippen molar-refractivity contribution in [3.8, 4) is 11.5 Å². The van der Waals surface area contributed by atoms with E-state index in [0.29, 0.717) is 35.3 Å². The minimum atomic E-state index is -4.12. The van der Waals surface area contributed by atoms with Crippen molar-refractivity contribution in [3.63, 3.8) is 0 Å². The standard InChI is InChI=1S/C26H27Cl2N3O5S/c1-3-14-36-24-13-10-19(15-25(24)35-4-2)17-29-30-26(32)18-31(23-12-11-20(27)16-22(23)28)37(33,34)21-8-6-5-7-9-21/h5-13,15-17H,3-4,14,18H2,1-2H3,(H,30,32)/b29-17-. The largest absolute Gasteiger partial charge is 0.490 e. The van der Waals surface area contributed by atoms with Crippen molar-refractivity contribution >= 4 is 51.0 Å². The topological polar surface area (TPSA) is 97.3 Å². The predicted molar refractivity (Wildman–Crippen MR) is 147 cm³/mol. The highest BCUT2D eigenvalue weighted by molar-refractivity contribution is 7.92. The third-order valence-electron chi connectivity index (χ3n) is 4.93. The van der Waals surface area contributed by atoms with Crippen molar-refractivity contribution in [1.82, 2.24) is 5.43 Å². The number of amides is 1. The van der Waals surface area contributed by atoms with E-state index in [1.54, 1.807) is 36.4 Å². The minimum Gasteiger partial charge on any atom is -0.490 e. The fourth-order valence-electron chi connectivity index (χ4n) is 3.25. The van der Waals surface area contributed by atoms with Crippen molar-refractivity contribution in [2.24, 2.45) is 5.10 Å². The molecule has 0 radical (unpaired) electrons. The molecule has 3 aromatic carbocycles. The number of hydrogen-bond acceptors (Lipinski definition) is 6. The van der Waals surface area contributed by atoms with Gasteiger partial charge in [-0.25, -0.2) is 13.8 Å². The van der Waals surface area contributed by atoms with E-state index >= 15 is 0 Å². The second-order valence-electron chi connectivity index (χ2n) is 7.70. The van der Waals surface area contributed by atoms with Crippen LogP contribution in [-0.2, 0) is 14.8 Å². The second-order valence-corrected chi connectivity index (χ2v) is 10.4. The van der Waals surface area contributed by atoms with Gasteiger partial charge in [0.15, 0.2) is 11.5 Å². The van der Waals surface area contributed by atoms with Crippen molar-refractivity contribution in [2.45, 2.75) is 25.2 Å². The molecule has 0 aromatic heterocycles. The molecule has 0 saturated carbocycles. The highest BCUT2D eigenvalue weighted by Crippen LogP contribution is 2.32. The number of rotatable bonds is 12. The molecule has 0 saturated heterocycles. The second kappa shape index (κ2) is 13.3. The van der Waals surface area contributed by atoms with Gasteiger partial charge < -0.3 is 9.47 Å². The zero-order valence-electron chi connectivity index (χ0n) is 20.4. The summed E-state index contributed by atoms with van der Waals surface area (Å²) in [6, 6.07) is 17.4. The minimum absolute atomic E-state index is 0.00570. The molecular formula is C26H27Cl2N3O5S. The summed E-state index contributed by atoms with van der Waals surface area (Å²) in [6.45, 7) is 4.33. The number of sulfonamides is 1. The van der Waals surface area contributed by atoms with Crippen molar-refractivity contribution < 1.29 is 22.7 Å². The van der Waals surface area contributed by atoms with Gasteiger partial charge in [0.1, 0.15) is 6.54 Å². The number of hydrazone groups is 1. The first-order chi connectivity index (χ1) is 17.8. The molecule has 0 atom stereocenters. The van der Waals surface area contributed by atoms with Crippen molar-refractivity contribution in [2.75, 3.05) is 24.1 Å². The van der Waals surface area contributed by atoms with Gasteiger partial charge in [0.25, 0.3) is 15.9 Å². The lowest BCUT2D eigenvalue weighted by molar-refractivity contribution is -0.119. The normalized spacial score (nSPS) is 11.4. The number of halogens is 2. The fourth-order valence-corrected chi connectivity index (χ4v) is 5.27. The fraction of sp³-hybridized carbons (Fsp3) is 0.231. The van der Waals surface area contributed by atoms with E-state index in [2.05, 4.69) is 10.5 Å². The van der Waals surface area contributed by atoms with Crippen LogP contribution in [0.25, 0.3) is 0 Å². The Hall–Kier alpha value is -3.27. The Morgan fingerprint density at radius 2 is 1.76 bits per heavy atom. The Morgan fingerprint density at radius 3 is 2.43 bits per heavy atom. The summed E-state index contributed by atoms with van der Waals surface area (Å²) in [5, 5.41) is 4.39. The van der Waals surface area contributed by atoms with Crippen LogP contribution in [0.2, 0.25) is 10.0 Å². The molecule has 0 bridgehead atoms. The van der Waals surface area contributed by atoms with Crippen LogP contribution in [0.3, 0.4) is 0 Å². The predicted octanol–water partition coefficient (Wildman–Crippen LogP) is 5.53. The molecule has 0 aliphatic heterocycles. The molecule has 1 N–H and O–H groups in total. The molecule has 8 nitrogen and oxygen atoms in total. The highest BCUT2D eigenvalue weighted by Gasteiger charge is 2.28. The van der Waals surface area contributed by atoms with Crippen molar-refractivity contribution in [3.05, 3.63) is 82.3 Å². The molecule has 196 valence electrons. The van der Waals surface area contributed by atoms with Gasteiger partial charge in [-0.15, -0.1) is 0 Å². The zero-order chi connectivity index (χ0) is 26.8. The molecule has 0 unspecified atom stereocenters. The van der Waals surface area contributed by atoms with E-state index in [-0.39, 0.29) is 15.6 Å².